The number of piperidine rings is 1. The van der Waals surface area contributed by atoms with E-state index in [0.717, 1.165) is 30.6 Å². The molecule has 0 unspecified atom stereocenters. The number of amides is 3. The van der Waals surface area contributed by atoms with Crippen molar-refractivity contribution < 1.29 is 14.3 Å². The first-order chi connectivity index (χ1) is 17.6. The van der Waals surface area contributed by atoms with Crippen LogP contribution in [0.15, 0.2) is 78.9 Å². The average Bonchev–Trinajstić information content (AvgIpc) is 3.10. The third-order valence-electron chi connectivity index (χ3n) is 7.48. The normalized spacial score (nSPS) is 18.2. The van der Waals surface area contributed by atoms with Crippen LogP contribution in [0.2, 0.25) is 0 Å². The molecule has 2 fully saturated rings. The van der Waals surface area contributed by atoms with Gasteiger partial charge in [-0.05, 0) is 34.7 Å². The van der Waals surface area contributed by atoms with Crippen LogP contribution < -0.4 is 0 Å². The molecule has 2 aliphatic rings. The summed E-state index contributed by atoms with van der Waals surface area (Å²) in [4.78, 5) is 32.8. The summed E-state index contributed by atoms with van der Waals surface area (Å²) < 4.78 is 5.29. The second-order valence-corrected chi connectivity index (χ2v) is 9.61. The molecule has 36 heavy (non-hydrogen) atoms. The predicted octanol–water partition coefficient (Wildman–Crippen LogP) is 4.80. The molecule has 186 valence electrons. The van der Waals surface area contributed by atoms with E-state index in [1.54, 1.807) is 12.0 Å². The van der Waals surface area contributed by atoms with Crippen LogP contribution in [0.4, 0.5) is 4.79 Å². The van der Waals surface area contributed by atoms with Crippen molar-refractivity contribution in [2.45, 2.75) is 24.9 Å². The minimum absolute atomic E-state index is 0.0782. The van der Waals surface area contributed by atoms with Crippen molar-refractivity contribution >= 4 is 28.8 Å². The minimum Gasteiger partial charge on any atom is -0.383 e. The van der Waals surface area contributed by atoms with Gasteiger partial charge in [-0.2, -0.15) is 0 Å². The summed E-state index contributed by atoms with van der Waals surface area (Å²) in [5.41, 5.74) is 1.56. The molecule has 6 nitrogen and oxygen atoms in total. The molecule has 2 aliphatic heterocycles. The van der Waals surface area contributed by atoms with Crippen molar-refractivity contribution in [1.29, 1.82) is 0 Å². The molecular weight excluding hydrogens is 450 g/mol. The Bertz CT molecular complexity index is 1240. The smallest absolute Gasteiger partial charge is 0.328 e. The fourth-order valence-corrected chi connectivity index (χ4v) is 5.52. The Balaban J connectivity index is 1.31. The highest BCUT2D eigenvalue weighted by molar-refractivity contribution is 6.07. The zero-order chi connectivity index (χ0) is 25.0. The molecule has 5 rings (SSSR count). The molecule has 0 N–H and O–H groups in total. The third kappa shape index (κ3) is 4.66. The molecule has 6 heteroatoms. The van der Waals surface area contributed by atoms with Crippen molar-refractivity contribution in [3.8, 4) is 0 Å². The number of carbonyl (C=O) groups excluding carboxylic acids is 2. The van der Waals surface area contributed by atoms with Crippen LogP contribution in [0.1, 0.15) is 24.0 Å². The number of methoxy groups -OCH3 is 1. The van der Waals surface area contributed by atoms with Gasteiger partial charge in [-0.3, -0.25) is 14.6 Å². The monoisotopic (exact) mass is 483 g/mol. The molecule has 3 aromatic rings. The zero-order valence-corrected chi connectivity index (χ0v) is 20.8. The van der Waals surface area contributed by atoms with Crippen molar-refractivity contribution in [2.75, 3.05) is 39.9 Å². The number of fused-ring (bicyclic) bond motifs is 1. The lowest BCUT2D eigenvalue weighted by Gasteiger charge is -2.42. The van der Waals surface area contributed by atoms with Crippen LogP contribution in [0.25, 0.3) is 16.8 Å². The van der Waals surface area contributed by atoms with Crippen LogP contribution in [-0.4, -0.2) is 72.1 Å². The number of imide groups is 1. The first kappa shape index (κ1) is 24.2. The lowest BCUT2D eigenvalue weighted by molar-refractivity contribution is -0.135. The molecule has 0 bridgehead atoms. The molecule has 1 spiro atoms. The number of rotatable bonds is 8. The lowest BCUT2D eigenvalue weighted by atomic mass is 9.85. The van der Waals surface area contributed by atoms with E-state index in [-0.39, 0.29) is 18.5 Å². The summed E-state index contributed by atoms with van der Waals surface area (Å²) >= 11 is 0. The number of likely N-dealkylation sites (tertiary alicyclic amines) is 1. The molecule has 0 radical (unpaired) electrons. The molecule has 2 heterocycles. The van der Waals surface area contributed by atoms with Crippen LogP contribution in [-0.2, 0) is 16.1 Å². The summed E-state index contributed by atoms with van der Waals surface area (Å²) in [5, 5.41) is 2.32. The summed E-state index contributed by atoms with van der Waals surface area (Å²) in [5.74, 6) is -0.0782. The largest absolute Gasteiger partial charge is 0.383 e. The maximum Gasteiger partial charge on any atom is 0.328 e. The number of hydrogen-bond acceptors (Lipinski definition) is 4. The van der Waals surface area contributed by atoms with Gasteiger partial charge in [0.15, 0.2) is 0 Å². The van der Waals surface area contributed by atoms with E-state index in [0.29, 0.717) is 26.0 Å². The fourth-order valence-electron chi connectivity index (χ4n) is 5.52. The van der Waals surface area contributed by atoms with Crippen molar-refractivity contribution in [3.05, 3.63) is 90.0 Å². The van der Waals surface area contributed by atoms with Gasteiger partial charge < -0.3 is 9.64 Å². The van der Waals surface area contributed by atoms with Crippen molar-refractivity contribution in [3.63, 3.8) is 0 Å². The van der Waals surface area contributed by atoms with Gasteiger partial charge in [0.25, 0.3) is 5.91 Å². The highest BCUT2D eigenvalue weighted by Crippen LogP contribution is 2.37. The zero-order valence-electron chi connectivity index (χ0n) is 20.8. The summed E-state index contributed by atoms with van der Waals surface area (Å²) in [7, 11) is 1.63. The molecule has 0 saturated carbocycles. The van der Waals surface area contributed by atoms with Crippen molar-refractivity contribution in [1.82, 2.24) is 14.7 Å². The van der Waals surface area contributed by atoms with E-state index in [4.69, 9.17) is 4.74 Å². The highest BCUT2D eigenvalue weighted by atomic mass is 16.5. The van der Waals surface area contributed by atoms with Gasteiger partial charge in [0.2, 0.25) is 0 Å². The topological polar surface area (TPSA) is 53.1 Å². The number of hydrogen-bond donors (Lipinski definition) is 0. The van der Waals surface area contributed by atoms with E-state index in [1.165, 1.54) is 15.8 Å². The average molecular weight is 484 g/mol. The Morgan fingerprint density at radius 1 is 0.917 bits per heavy atom. The van der Waals surface area contributed by atoms with Gasteiger partial charge in [-0.15, -0.1) is 0 Å². The number of carbonyl (C=O) groups is 2. The molecule has 2 saturated heterocycles. The Labute approximate surface area is 212 Å². The van der Waals surface area contributed by atoms with Crippen LogP contribution in [0.3, 0.4) is 0 Å². The van der Waals surface area contributed by atoms with Gasteiger partial charge in [0.1, 0.15) is 5.54 Å². The molecule has 0 aliphatic carbocycles. The van der Waals surface area contributed by atoms with Crippen LogP contribution >= 0.6 is 0 Å². The van der Waals surface area contributed by atoms with E-state index in [1.807, 2.05) is 36.4 Å². The number of urea groups is 1. The summed E-state index contributed by atoms with van der Waals surface area (Å²) in [6, 6.07) is 24.6. The first-order valence-corrected chi connectivity index (χ1v) is 12.7. The Morgan fingerprint density at radius 3 is 2.42 bits per heavy atom. The molecule has 3 aromatic carbocycles. The van der Waals surface area contributed by atoms with E-state index >= 15 is 0 Å². The van der Waals surface area contributed by atoms with Crippen LogP contribution in [0, 0.1) is 0 Å². The summed E-state index contributed by atoms with van der Waals surface area (Å²) in [6.45, 7) is 3.50. The Morgan fingerprint density at radius 2 is 1.64 bits per heavy atom. The predicted molar refractivity (Wildman–Crippen MR) is 142 cm³/mol. The Hall–Kier alpha value is -3.48. The van der Waals surface area contributed by atoms with Gasteiger partial charge in [0, 0.05) is 39.8 Å². The first-order valence-electron chi connectivity index (χ1n) is 12.7. The van der Waals surface area contributed by atoms with E-state index in [2.05, 4.69) is 53.4 Å². The van der Waals surface area contributed by atoms with Crippen molar-refractivity contribution in [2.24, 2.45) is 0 Å². The van der Waals surface area contributed by atoms with E-state index < -0.39 is 5.54 Å². The van der Waals surface area contributed by atoms with Gasteiger partial charge in [-0.1, -0.05) is 84.9 Å². The molecular formula is C30H33N3O3. The maximum absolute atomic E-state index is 13.8. The van der Waals surface area contributed by atoms with E-state index in [9.17, 15) is 9.59 Å². The number of ether oxygens (including phenoxy) is 1. The number of nitrogens with zero attached hydrogens (tertiary/aromatic N) is 3. The lowest BCUT2D eigenvalue weighted by Crippen LogP contribution is -2.57. The third-order valence-corrected chi connectivity index (χ3v) is 7.48. The quantitative estimate of drug-likeness (QED) is 0.432. The minimum atomic E-state index is -0.782. The number of benzene rings is 3. The maximum atomic E-state index is 13.8. The van der Waals surface area contributed by atoms with Crippen LogP contribution in [0.5, 0.6) is 0 Å². The second-order valence-electron chi connectivity index (χ2n) is 9.61. The Kier molecular flexibility index (Phi) is 7.16. The second kappa shape index (κ2) is 10.6. The molecule has 0 atom stereocenters. The molecule has 0 aromatic heterocycles. The SMILES string of the molecule is COCCN1C(=O)N(CC=Cc2cccc3ccccc23)C(=O)C12CCN(Cc1ccccc1)CC2. The summed E-state index contributed by atoms with van der Waals surface area (Å²) in [6.07, 6.45) is 5.21. The standard InChI is InChI=1S/C30H33N3O3/c1-36-22-21-33-29(35)32(18-8-14-26-13-7-12-25-11-5-6-15-27(25)26)28(34)30(33)16-19-31(20-17-30)23-24-9-3-2-4-10-24/h2-15H,16-23H2,1H3. The van der Waals surface area contributed by atoms with Gasteiger partial charge >= 0.3 is 6.03 Å². The van der Waals surface area contributed by atoms with Gasteiger partial charge in [-0.25, -0.2) is 4.79 Å². The fraction of sp³-hybridized carbons (Fsp3) is 0.333. The highest BCUT2D eigenvalue weighted by Gasteiger charge is 2.57. The molecule has 3 amide bonds. The van der Waals surface area contributed by atoms with Gasteiger partial charge in [0.05, 0.1) is 6.61 Å².